The molecule has 3 fully saturated rings. The maximum atomic E-state index is 12.9. The summed E-state index contributed by atoms with van der Waals surface area (Å²) in [5.41, 5.74) is 0.00763. The predicted octanol–water partition coefficient (Wildman–Crippen LogP) is -1.35. The van der Waals surface area contributed by atoms with Crippen LogP contribution in [-0.2, 0) is 39.8 Å². The van der Waals surface area contributed by atoms with Crippen LogP contribution in [0.25, 0.3) is 0 Å². The first kappa shape index (κ1) is 26.2. The van der Waals surface area contributed by atoms with Gasteiger partial charge >= 0.3 is 0 Å². The summed E-state index contributed by atoms with van der Waals surface area (Å²) in [4.78, 5) is 53.1. The minimum atomic E-state index is -0.893. The van der Waals surface area contributed by atoms with Gasteiger partial charge in [0.15, 0.2) is 5.78 Å². The van der Waals surface area contributed by atoms with Crippen molar-refractivity contribution in [3.05, 3.63) is 35.9 Å². The molecule has 3 heterocycles. The number of carbonyl (C=O) groups is 4. The van der Waals surface area contributed by atoms with Crippen molar-refractivity contribution in [2.45, 2.75) is 31.0 Å². The summed E-state index contributed by atoms with van der Waals surface area (Å²) < 4.78 is 15.8. The van der Waals surface area contributed by atoms with Crippen molar-refractivity contribution >= 4 is 23.5 Å². The third-order valence-electron chi connectivity index (χ3n) is 6.66. The summed E-state index contributed by atoms with van der Waals surface area (Å²) >= 11 is 0. The molecule has 0 spiro atoms. The van der Waals surface area contributed by atoms with Crippen LogP contribution in [0.1, 0.15) is 12.5 Å². The lowest BCUT2D eigenvalue weighted by molar-refractivity contribution is -0.138. The molecule has 0 radical (unpaired) electrons. The number of hydrogen-bond donors (Lipinski definition) is 3. The van der Waals surface area contributed by atoms with Gasteiger partial charge in [0, 0.05) is 19.0 Å². The number of amides is 3. The number of epoxide rings is 1. The highest BCUT2D eigenvalue weighted by Gasteiger charge is 2.50. The van der Waals surface area contributed by atoms with Crippen LogP contribution in [-0.4, -0.2) is 105 Å². The fourth-order valence-corrected chi connectivity index (χ4v) is 4.23. The second kappa shape index (κ2) is 11.9. The van der Waals surface area contributed by atoms with Crippen molar-refractivity contribution in [1.29, 1.82) is 0 Å². The number of ether oxygens (including phenoxy) is 3. The Morgan fingerprint density at radius 2 is 1.72 bits per heavy atom. The van der Waals surface area contributed by atoms with Crippen molar-refractivity contribution in [1.82, 2.24) is 20.9 Å². The number of carbonyl (C=O) groups excluding carboxylic acids is 4. The van der Waals surface area contributed by atoms with Crippen LogP contribution < -0.4 is 16.0 Å². The zero-order chi connectivity index (χ0) is 25.5. The summed E-state index contributed by atoms with van der Waals surface area (Å²) in [5.74, 6) is -1.59. The molecule has 196 valence electrons. The highest BCUT2D eigenvalue weighted by atomic mass is 16.6. The van der Waals surface area contributed by atoms with Crippen LogP contribution in [0.15, 0.2) is 30.3 Å². The van der Waals surface area contributed by atoms with Crippen LogP contribution in [0, 0.1) is 5.92 Å². The number of nitrogens with one attached hydrogen (secondary N) is 3. The van der Waals surface area contributed by atoms with Crippen molar-refractivity contribution in [2.75, 3.05) is 59.2 Å². The first-order chi connectivity index (χ1) is 17.3. The molecular weight excluding hydrogens is 468 g/mol. The first-order valence-corrected chi connectivity index (χ1v) is 12.3. The zero-order valence-electron chi connectivity index (χ0n) is 20.5. The van der Waals surface area contributed by atoms with Gasteiger partial charge in [-0.2, -0.15) is 0 Å². The Morgan fingerprint density at radius 1 is 1.03 bits per heavy atom. The van der Waals surface area contributed by atoms with Crippen LogP contribution in [0.3, 0.4) is 0 Å². The van der Waals surface area contributed by atoms with Gasteiger partial charge in [0.2, 0.25) is 17.7 Å². The Bertz CT molecular complexity index is 943. The van der Waals surface area contributed by atoms with Gasteiger partial charge in [-0.05, 0) is 18.9 Å². The number of benzene rings is 1. The van der Waals surface area contributed by atoms with Crippen LogP contribution in [0.5, 0.6) is 0 Å². The third-order valence-corrected chi connectivity index (χ3v) is 6.66. The van der Waals surface area contributed by atoms with E-state index in [1.807, 2.05) is 35.2 Å². The van der Waals surface area contributed by atoms with E-state index < -0.39 is 29.5 Å². The number of morpholine rings is 1. The maximum absolute atomic E-state index is 12.9. The quantitative estimate of drug-likeness (QED) is 0.298. The Balaban J connectivity index is 1.30. The molecule has 3 aliphatic heterocycles. The molecule has 4 rings (SSSR count). The van der Waals surface area contributed by atoms with Gasteiger partial charge in [0.1, 0.15) is 11.6 Å². The zero-order valence-corrected chi connectivity index (χ0v) is 20.5. The van der Waals surface area contributed by atoms with E-state index in [-0.39, 0.29) is 30.7 Å². The summed E-state index contributed by atoms with van der Waals surface area (Å²) in [7, 11) is 0. The highest BCUT2D eigenvalue weighted by Crippen LogP contribution is 2.29. The normalized spacial score (nSPS) is 23.6. The minimum Gasteiger partial charge on any atom is -0.380 e. The molecule has 3 aliphatic rings. The lowest BCUT2D eigenvalue weighted by Crippen LogP contribution is -2.59. The first-order valence-electron chi connectivity index (χ1n) is 12.3. The molecule has 1 aromatic carbocycles. The van der Waals surface area contributed by atoms with Gasteiger partial charge < -0.3 is 30.2 Å². The number of ketones is 1. The van der Waals surface area contributed by atoms with Crippen molar-refractivity contribution in [3.8, 4) is 0 Å². The highest BCUT2D eigenvalue weighted by molar-refractivity contribution is 5.97. The Kier molecular flexibility index (Phi) is 8.68. The Labute approximate surface area is 210 Å². The molecule has 0 bridgehead atoms. The van der Waals surface area contributed by atoms with Crippen LogP contribution >= 0.6 is 0 Å². The van der Waals surface area contributed by atoms with Gasteiger partial charge in [-0.15, -0.1) is 0 Å². The van der Waals surface area contributed by atoms with E-state index in [9.17, 15) is 19.2 Å². The number of Topliss-reactive ketones (excluding diaryl/α,β-unsaturated/α-hetero) is 1. The molecule has 3 saturated heterocycles. The van der Waals surface area contributed by atoms with Crippen LogP contribution in [0.4, 0.5) is 0 Å². The van der Waals surface area contributed by atoms with Gasteiger partial charge in [-0.3, -0.25) is 24.1 Å². The fraction of sp³-hybridized carbons (Fsp3) is 0.600. The summed E-state index contributed by atoms with van der Waals surface area (Å²) in [5, 5.41) is 8.14. The Morgan fingerprint density at radius 3 is 2.33 bits per heavy atom. The molecule has 0 saturated carbocycles. The average Bonchev–Trinajstić information content (AvgIpc) is 3.60. The lowest BCUT2D eigenvalue weighted by Gasteiger charge is -2.34. The van der Waals surface area contributed by atoms with E-state index in [1.54, 1.807) is 6.92 Å². The van der Waals surface area contributed by atoms with Gasteiger partial charge in [-0.25, -0.2) is 0 Å². The minimum absolute atomic E-state index is 0.166. The monoisotopic (exact) mass is 502 g/mol. The largest absolute Gasteiger partial charge is 0.380 e. The van der Waals surface area contributed by atoms with Crippen molar-refractivity contribution in [3.63, 3.8) is 0 Å². The van der Waals surface area contributed by atoms with E-state index in [0.717, 1.165) is 5.56 Å². The van der Waals surface area contributed by atoms with Gasteiger partial charge in [-0.1, -0.05) is 30.3 Å². The molecule has 1 aromatic rings. The second-order valence-corrected chi connectivity index (χ2v) is 9.64. The molecule has 36 heavy (non-hydrogen) atoms. The number of hydrogen-bond acceptors (Lipinski definition) is 8. The molecule has 3 atom stereocenters. The maximum Gasteiger partial charge on any atom is 0.243 e. The molecule has 0 unspecified atom stereocenters. The second-order valence-electron chi connectivity index (χ2n) is 9.64. The summed E-state index contributed by atoms with van der Waals surface area (Å²) in [6.45, 7) is 5.04. The summed E-state index contributed by atoms with van der Waals surface area (Å²) in [6, 6.07) is 7.79. The predicted molar refractivity (Wildman–Crippen MR) is 128 cm³/mol. The number of nitrogens with zero attached hydrogens (tertiary/aromatic N) is 1. The fourth-order valence-electron chi connectivity index (χ4n) is 4.23. The Hall–Kier alpha value is -2.86. The molecule has 11 nitrogen and oxygen atoms in total. The SMILES string of the molecule is C[C@]1(C(=O)[C@H](Cc2ccccc2)NC(=O)CNC(=O)[C@@H](NC(=O)CN2CCOCC2)C2COC2)CO1. The van der Waals surface area contributed by atoms with Gasteiger partial charge in [0.05, 0.1) is 52.2 Å². The standard InChI is InChI=1S/C25H34N4O7/c1-25(16-36-25)23(32)19(11-17-5-3-2-4-6-17)27-20(30)12-26-24(33)22(18-14-35-15-18)28-21(31)13-29-7-9-34-10-8-29/h2-6,18-19,22H,7-16H2,1H3,(H,26,33)(H,27,30)(H,28,31)/t19-,22-,25+/m0/s1. The van der Waals surface area contributed by atoms with E-state index in [0.29, 0.717) is 52.5 Å². The topological polar surface area (TPSA) is 139 Å². The third kappa shape index (κ3) is 7.10. The molecule has 0 aliphatic carbocycles. The molecule has 3 N–H and O–H groups in total. The van der Waals surface area contributed by atoms with Crippen molar-refractivity contribution in [2.24, 2.45) is 5.92 Å². The van der Waals surface area contributed by atoms with E-state index in [4.69, 9.17) is 14.2 Å². The van der Waals surface area contributed by atoms with E-state index in [1.165, 1.54) is 0 Å². The number of rotatable bonds is 12. The van der Waals surface area contributed by atoms with Gasteiger partial charge in [0.25, 0.3) is 0 Å². The van der Waals surface area contributed by atoms with E-state index >= 15 is 0 Å². The summed E-state index contributed by atoms with van der Waals surface area (Å²) in [6.07, 6.45) is 0.317. The molecule has 11 heteroatoms. The van der Waals surface area contributed by atoms with E-state index in [2.05, 4.69) is 16.0 Å². The average molecular weight is 503 g/mol. The van der Waals surface area contributed by atoms with Crippen molar-refractivity contribution < 1.29 is 33.4 Å². The van der Waals surface area contributed by atoms with Crippen LogP contribution in [0.2, 0.25) is 0 Å². The molecular formula is C25H34N4O7. The smallest absolute Gasteiger partial charge is 0.243 e. The lowest BCUT2D eigenvalue weighted by atomic mass is 9.95. The molecule has 0 aromatic heterocycles. The molecule has 3 amide bonds.